The highest BCUT2D eigenvalue weighted by atomic mass is 16.5. The lowest BCUT2D eigenvalue weighted by molar-refractivity contribution is -0.127. The van der Waals surface area contributed by atoms with Crippen LogP contribution < -0.4 is 15.8 Å². The van der Waals surface area contributed by atoms with E-state index >= 15 is 0 Å². The summed E-state index contributed by atoms with van der Waals surface area (Å²) in [5, 5.41) is 3.19. The van der Waals surface area contributed by atoms with E-state index in [1.54, 1.807) is 0 Å². The summed E-state index contributed by atoms with van der Waals surface area (Å²) in [6, 6.07) is 5.61. The van der Waals surface area contributed by atoms with Gasteiger partial charge in [-0.1, -0.05) is 6.92 Å². The zero-order valence-electron chi connectivity index (χ0n) is 12.3. The highest BCUT2D eigenvalue weighted by Crippen LogP contribution is 2.47. The molecule has 1 heterocycles. The number of rotatable bonds is 2. The Labute approximate surface area is 119 Å². The summed E-state index contributed by atoms with van der Waals surface area (Å²) in [5.74, 6) is 0.968. The lowest BCUT2D eigenvalue weighted by Crippen LogP contribution is -2.43. The van der Waals surface area contributed by atoms with Gasteiger partial charge in [0.05, 0.1) is 6.04 Å². The van der Waals surface area contributed by atoms with Crippen molar-refractivity contribution in [2.24, 2.45) is 5.41 Å². The van der Waals surface area contributed by atoms with Crippen LogP contribution in [0.3, 0.4) is 0 Å². The van der Waals surface area contributed by atoms with E-state index in [2.05, 4.69) is 5.32 Å². The molecular formula is C16H22N2O2. The first-order valence-corrected chi connectivity index (χ1v) is 7.19. The largest absolute Gasteiger partial charge is 0.487 e. The van der Waals surface area contributed by atoms with Gasteiger partial charge in [-0.15, -0.1) is 0 Å². The van der Waals surface area contributed by atoms with Crippen LogP contribution in [0, 0.1) is 5.41 Å². The van der Waals surface area contributed by atoms with Crippen LogP contribution in [0.15, 0.2) is 18.2 Å². The molecule has 0 radical (unpaired) electrons. The lowest BCUT2D eigenvalue weighted by atomic mass is 9.89. The highest BCUT2D eigenvalue weighted by Gasteiger charge is 2.46. The molecule has 1 aliphatic carbocycles. The molecule has 1 amide bonds. The van der Waals surface area contributed by atoms with E-state index in [9.17, 15) is 4.79 Å². The van der Waals surface area contributed by atoms with Crippen LogP contribution >= 0.6 is 0 Å². The van der Waals surface area contributed by atoms with E-state index < -0.39 is 0 Å². The number of carbonyl (C=O) groups is 1. The SMILES string of the molecule is CC1(C)CC(NC(=O)C2(C)CC2)c2cc(N)ccc2O1. The fourth-order valence-corrected chi connectivity index (χ4v) is 2.75. The number of fused-ring (bicyclic) bond motifs is 1. The Morgan fingerprint density at radius 1 is 1.35 bits per heavy atom. The predicted molar refractivity (Wildman–Crippen MR) is 78.4 cm³/mol. The average molecular weight is 274 g/mol. The second-order valence-electron chi connectivity index (χ2n) is 6.95. The Kier molecular flexibility index (Phi) is 2.75. The van der Waals surface area contributed by atoms with Crippen molar-refractivity contribution < 1.29 is 9.53 Å². The highest BCUT2D eigenvalue weighted by molar-refractivity contribution is 5.85. The molecule has 1 aromatic carbocycles. The third kappa shape index (κ3) is 2.35. The molecule has 4 heteroatoms. The molecule has 1 atom stereocenters. The number of hydrogen-bond donors (Lipinski definition) is 2. The quantitative estimate of drug-likeness (QED) is 0.815. The second kappa shape index (κ2) is 4.14. The fraction of sp³-hybridized carbons (Fsp3) is 0.562. The number of benzene rings is 1. The van der Waals surface area contributed by atoms with E-state index in [4.69, 9.17) is 10.5 Å². The van der Waals surface area contributed by atoms with Gasteiger partial charge in [-0.05, 0) is 44.9 Å². The van der Waals surface area contributed by atoms with Crippen molar-refractivity contribution in [3.63, 3.8) is 0 Å². The lowest BCUT2D eigenvalue weighted by Gasteiger charge is -2.38. The second-order valence-corrected chi connectivity index (χ2v) is 6.95. The maximum absolute atomic E-state index is 12.3. The van der Waals surface area contributed by atoms with Gasteiger partial charge in [-0.25, -0.2) is 0 Å². The first kappa shape index (κ1) is 13.3. The average Bonchev–Trinajstić information content (AvgIpc) is 3.09. The molecule has 3 N–H and O–H groups in total. The molecule has 4 nitrogen and oxygen atoms in total. The van der Waals surface area contributed by atoms with Crippen LogP contribution in [0.2, 0.25) is 0 Å². The summed E-state index contributed by atoms with van der Waals surface area (Å²) in [6.45, 7) is 6.11. The van der Waals surface area contributed by atoms with E-state index in [-0.39, 0.29) is 23.0 Å². The molecule has 1 saturated carbocycles. The van der Waals surface area contributed by atoms with Crippen LogP contribution in [-0.4, -0.2) is 11.5 Å². The van der Waals surface area contributed by atoms with Crippen LogP contribution in [0.5, 0.6) is 5.75 Å². The molecule has 0 aromatic heterocycles. The summed E-state index contributed by atoms with van der Waals surface area (Å²) < 4.78 is 5.98. The predicted octanol–water partition coefficient (Wildman–Crippen LogP) is 2.79. The number of carbonyl (C=O) groups excluding carboxylic acids is 1. The minimum absolute atomic E-state index is 0.0258. The Morgan fingerprint density at radius 2 is 2.05 bits per heavy atom. The molecule has 1 unspecified atom stereocenters. The normalized spacial score (nSPS) is 25.2. The first-order chi connectivity index (χ1) is 9.29. The summed E-state index contributed by atoms with van der Waals surface area (Å²) in [6.07, 6.45) is 2.72. The minimum atomic E-state index is -0.286. The monoisotopic (exact) mass is 274 g/mol. The molecule has 20 heavy (non-hydrogen) atoms. The van der Waals surface area contributed by atoms with Gasteiger partial charge in [0.2, 0.25) is 5.91 Å². The molecule has 2 aliphatic rings. The topological polar surface area (TPSA) is 64.4 Å². The van der Waals surface area contributed by atoms with E-state index in [0.29, 0.717) is 5.69 Å². The van der Waals surface area contributed by atoms with Gasteiger partial charge in [0.1, 0.15) is 11.4 Å². The van der Waals surface area contributed by atoms with Crippen molar-refractivity contribution in [1.29, 1.82) is 0 Å². The van der Waals surface area contributed by atoms with E-state index in [1.807, 2.05) is 39.0 Å². The van der Waals surface area contributed by atoms with E-state index in [0.717, 1.165) is 30.6 Å². The summed E-state index contributed by atoms with van der Waals surface area (Å²) in [5.41, 5.74) is 7.11. The number of nitrogens with one attached hydrogen (secondary N) is 1. The molecule has 108 valence electrons. The van der Waals surface area contributed by atoms with Crippen molar-refractivity contribution in [2.75, 3.05) is 5.73 Å². The standard InChI is InChI=1S/C16H22N2O2/c1-15(2)9-12(18-14(19)16(3)6-7-16)11-8-10(17)4-5-13(11)20-15/h4-5,8,12H,6-7,9,17H2,1-3H3,(H,18,19). The fourth-order valence-electron chi connectivity index (χ4n) is 2.75. The molecule has 1 aliphatic heterocycles. The van der Waals surface area contributed by atoms with Gasteiger partial charge >= 0.3 is 0 Å². The third-order valence-electron chi connectivity index (χ3n) is 4.34. The third-order valence-corrected chi connectivity index (χ3v) is 4.34. The molecule has 0 bridgehead atoms. The van der Waals surface area contributed by atoms with Crippen LogP contribution in [-0.2, 0) is 4.79 Å². The first-order valence-electron chi connectivity index (χ1n) is 7.19. The van der Waals surface area contributed by atoms with Crippen molar-refractivity contribution in [3.8, 4) is 5.75 Å². The Morgan fingerprint density at radius 3 is 2.70 bits per heavy atom. The number of hydrogen-bond acceptors (Lipinski definition) is 3. The molecule has 0 saturated heterocycles. The van der Waals surface area contributed by atoms with Crippen LogP contribution in [0.4, 0.5) is 5.69 Å². The van der Waals surface area contributed by atoms with Gasteiger partial charge in [0.15, 0.2) is 0 Å². The Hall–Kier alpha value is -1.71. The van der Waals surface area contributed by atoms with Gasteiger partial charge in [-0.3, -0.25) is 4.79 Å². The Balaban J connectivity index is 1.90. The van der Waals surface area contributed by atoms with Gasteiger partial charge < -0.3 is 15.8 Å². The number of ether oxygens (including phenoxy) is 1. The van der Waals surface area contributed by atoms with E-state index in [1.165, 1.54) is 0 Å². The number of anilines is 1. The van der Waals surface area contributed by atoms with Crippen molar-refractivity contribution >= 4 is 11.6 Å². The zero-order valence-corrected chi connectivity index (χ0v) is 12.3. The molecule has 0 spiro atoms. The molecular weight excluding hydrogens is 252 g/mol. The van der Waals surface area contributed by atoms with Crippen molar-refractivity contribution in [3.05, 3.63) is 23.8 Å². The van der Waals surface area contributed by atoms with Gasteiger partial charge in [0.25, 0.3) is 0 Å². The number of amides is 1. The number of nitrogen functional groups attached to an aromatic ring is 1. The molecule has 1 fully saturated rings. The summed E-state index contributed by atoms with van der Waals surface area (Å²) in [4.78, 5) is 12.3. The minimum Gasteiger partial charge on any atom is -0.487 e. The van der Waals surface area contributed by atoms with Crippen LogP contribution in [0.1, 0.15) is 51.6 Å². The van der Waals surface area contributed by atoms with Gasteiger partial charge in [0, 0.05) is 23.1 Å². The maximum Gasteiger partial charge on any atom is 0.226 e. The van der Waals surface area contributed by atoms with Gasteiger partial charge in [-0.2, -0.15) is 0 Å². The summed E-state index contributed by atoms with van der Waals surface area (Å²) >= 11 is 0. The number of nitrogens with two attached hydrogens (primary N) is 1. The summed E-state index contributed by atoms with van der Waals surface area (Å²) in [7, 11) is 0. The van der Waals surface area contributed by atoms with Crippen molar-refractivity contribution in [2.45, 2.75) is 51.7 Å². The maximum atomic E-state index is 12.3. The molecule has 1 aromatic rings. The Bertz CT molecular complexity index is 562. The molecule has 3 rings (SSSR count). The smallest absolute Gasteiger partial charge is 0.226 e. The van der Waals surface area contributed by atoms with Crippen molar-refractivity contribution in [1.82, 2.24) is 5.32 Å². The zero-order chi connectivity index (χ0) is 14.5. The van der Waals surface area contributed by atoms with Crippen LogP contribution in [0.25, 0.3) is 0 Å².